The normalized spacial score (nSPS) is 25.3. The van der Waals surface area contributed by atoms with E-state index < -0.39 is 24.2 Å². The Morgan fingerprint density at radius 3 is 2.44 bits per heavy atom. The molecular formula is C18H29F3N2O2. The molecule has 0 aromatic heterocycles. The minimum Gasteiger partial charge on any atom is -0.362 e. The molecule has 0 radical (unpaired) electrons. The van der Waals surface area contributed by atoms with E-state index in [1.807, 2.05) is 0 Å². The zero-order valence-electron chi connectivity index (χ0n) is 14.9. The zero-order chi connectivity index (χ0) is 18.5. The fraction of sp³-hybridized carbons (Fsp3) is 0.889. The minimum absolute atomic E-state index is 0.0104. The first-order valence-corrected chi connectivity index (χ1v) is 9.49. The second-order valence-corrected chi connectivity index (χ2v) is 7.29. The van der Waals surface area contributed by atoms with E-state index in [2.05, 4.69) is 12.0 Å². The van der Waals surface area contributed by atoms with E-state index in [0.717, 1.165) is 57.8 Å². The van der Waals surface area contributed by atoms with Crippen LogP contribution in [-0.4, -0.2) is 33.6 Å². The molecule has 1 saturated carbocycles. The number of hydrazone groups is 1. The van der Waals surface area contributed by atoms with Crippen molar-refractivity contribution in [3.8, 4) is 0 Å². The number of aliphatic hydroxyl groups is 1. The molecule has 4 nitrogen and oxygen atoms in total. The van der Waals surface area contributed by atoms with Crippen molar-refractivity contribution in [3.63, 3.8) is 0 Å². The molecule has 1 aliphatic carbocycles. The third kappa shape index (κ3) is 4.74. The van der Waals surface area contributed by atoms with Gasteiger partial charge in [0.2, 0.25) is 5.91 Å². The Labute approximate surface area is 147 Å². The van der Waals surface area contributed by atoms with Crippen molar-refractivity contribution in [1.29, 1.82) is 0 Å². The lowest BCUT2D eigenvalue weighted by atomic mass is 9.83. The minimum atomic E-state index is -4.91. The van der Waals surface area contributed by atoms with Crippen molar-refractivity contribution in [1.82, 2.24) is 5.01 Å². The predicted octanol–water partition coefficient (Wildman–Crippen LogP) is 4.77. The molecule has 1 unspecified atom stereocenters. The summed E-state index contributed by atoms with van der Waals surface area (Å²) >= 11 is 0. The van der Waals surface area contributed by atoms with Crippen LogP contribution in [0.4, 0.5) is 13.2 Å². The van der Waals surface area contributed by atoms with Crippen LogP contribution >= 0.6 is 0 Å². The van der Waals surface area contributed by atoms with Crippen molar-refractivity contribution in [3.05, 3.63) is 0 Å². The molecular weight excluding hydrogens is 333 g/mol. The molecule has 144 valence electrons. The molecule has 1 N–H and O–H groups in total. The summed E-state index contributed by atoms with van der Waals surface area (Å²) in [6.45, 7) is 2.07. The maximum absolute atomic E-state index is 13.5. The smallest absolute Gasteiger partial charge is 0.362 e. The van der Waals surface area contributed by atoms with Gasteiger partial charge in [-0.25, -0.2) is 0 Å². The van der Waals surface area contributed by atoms with E-state index in [4.69, 9.17) is 0 Å². The lowest BCUT2D eigenvalue weighted by molar-refractivity contribution is -0.302. The molecule has 2 rings (SSSR count). The summed E-state index contributed by atoms with van der Waals surface area (Å²) in [6, 6.07) is 0. The first-order valence-electron chi connectivity index (χ1n) is 9.49. The Balaban J connectivity index is 2.06. The van der Waals surface area contributed by atoms with Gasteiger partial charge >= 0.3 is 6.18 Å². The molecule has 1 atom stereocenters. The van der Waals surface area contributed by atoms with Crippen molar-refractivity contribution in [2.45, 2.75) is 95.9 Å². The van der Waals surface area contributed by atoms with Crippen LogP contribution in [-0.2, 0) is 4.79 Å². The van der Waals surface area contributed by atoms with Gasteiger partial charge in [-0.1, -0.05) is 51.9 Å². The third-order valence-electron chi connectivity index (χ3n) is 5.27. The number of unbranched alkanes of at least 4 members (excludes halogenated alkanes) is 4. The Kier molecular flexibility index (Phi) is 6.88. The Bertz CT molecular complexity index is 487. The molecule has 1 amide bonds. The molecule has 0 spiro atoms. The van der Waals surface area contributed by atoms with E-state index in [9.17, 15) is 23.1 Å². The highest BCUT2D eigenvalue weighted by atomic mass is 19.4. The highest BCUT2D eigenvalue weighted by molar-refractivity contribution is 5.92. The number of carbonyl (C=O) groups is 1. The summed E-state index contributed by atoms with van der Waals surface area (Å²) in [4.78, 5) is 12.3. The van der Waals surface area contributed by atoms with E-state index >= 15 is 0 Å². The first kappa shape index (κ1) is 20.2. The standard InChI is InChI=1S/C18H29F3N2O2/c1-2-3-4-5-9-12-16(24)23-17(25,18(19,20)21)13-15(22-23)14-10-7-6-8-11-14/h14,25H,2-13H2,1H3. The molecule has 1 aliphatic heterocycles. The highest BCUT2D eigenvalue weighted by Crippen LogP contribution is 2.43. The average Bonchev–Trinajstić information content (AvgIpc) is 2.94. The zero-order valence-corrected chi connectivity index (χ0v) is 14.9. The number of hydrogen-bond acceptors (Lipinski definition) is 3. The Morgan fingerprint density at radius 1 is 1.20 bits per heavy atom. The second-order valence-electron chi connectivity index (χ2n) is 7.29. The number of amides is 1. The first-order chi connectivity index (χ1) is 11.8. The fourth-order valence-corrected chi connectivity index (χ4v) is 3.70. The molecule has 7 heteroatoms. The fourth-order valence-electron chi connectivity index (χ4n) is 3.70. The average molecular weight is 362 g/mol. The molecule has 1 fully saturated rings. The second kappa shape index (κ2) is 8.52. The quantitative estimate of drug-likeness (QED) is 0.664. The van der Waals surface area contributed by atoms with E-state index in [0.29, 0.717) is 17.1 Å². The van der Waals surface area contributed by atoms with Crippen LogP contribution in [0.3, 0.4) is 0 Å². The molecule has 0 aromatic carbocycles. The lowest BCUT2D eigenvalue weighted by Gasteiger charge is -2.32. The molecule has 0 bridgehead atoms. The summed E-state index contributed by atoms with van der Waals surface area (Å²) in [5.74, 6) is -0.785. The number of halogens is 3. The Morgan fingerprint density at radius 2 is 1.84 bits per heavy atom. The SMILES string of the molecule is CCCCCCCC(=O)N1N=C(C2CCCCC2)CC1(O)C(F)(F)F. The van der Waals surface area contributed by atoms with Crippen LogP contribution in [0, 0.1) is 5.92 Å². The topological polar surface area (TPSA) is 52.9 Å². The van der Waals surface area contributed by atoms with Crippen LogP contribution < -0.4 is 0 Å². The van der Waals surface area contributed by atoms with Gasteiger partial charge < -0.3 is 5.11 Å². The molecule has 1 heterocycles. The largest absolute Gasteiger partial charge is 0.438 e. The molecule has 25 heavy (non-hydrogen) atoms. The highest BCUT2D eigenvalue weighted by Gasteiger charge is 2.63. The van der Waals surface area contributed by atoms with Crippen molar-refractivity contribution in [2.75, 3.05) is 0 Å². The molecule has 2 aliphatic rings. The van der Waals surface area contributed by atoms with Crippen LogP contribution in [0.15, 0.2) is 5.10 Å². The van der Waals surface area contributed by atoms with Crippen LogP contribution in [0.25, 0.3) is 0 Å². The van der Waals surface area contributed by atoms with E-state index in [-0.39, 0.29) is 12.3 Å². The van der Waals surface area contributed by atoms with Crippen LogP contribution in [0.1, 0.15) is 84.0 Å². The summed E-state index contributed by atoms with van der Waals surface area (Å²) in [5.41, 5.74) is -2.85. The van der Waals surface area contributed by atoms with Gasteiger partial charge in [-0.15, -0.1) is 0 Å². The number of alkyl halides is 3. The van der Waals surface area contributed by atoms with E-state index in [1.165, 1.54) is 0 Å². The van der Waals surface area contributed by atoms with Gasteiger partial charge in [-0.05, 0) is 25.2 Å². The Hall–Kier alpha value is -1.11. The van der Waals surface area contributed by atoms with Gasteiger partial charge in [-0.2, -0.15) is 23.3 Å². The summed E-state index contributed by atoms with van der Waals surface area (Å²) in [6.07, 6.45) is 3.43. The maximum atomic E-state index is 13.5. The predicted molar refractivity (Wildman–Crippen MR) is 89.9 cm³/mol. The van der Waals surface area contributed by atoms with Crippen molar-refractivity contribution < 1.29 is 23.1 Å². The van der Waals surface area contributed by atoms with E-state index in [1.54, 1.807) is 0 Å². The van der Waals surface area contributed by atoms with Gasteiger partial charge in [0.1, 0.15) is 0 Å². The molecule has 0 saturated heterocycles. The number of carbonyl (C=O) groups excluding carboxylic acids is 1. The summed E-state index contributed by atoms with van der Waals surface area (Å²) in [7, 11) is 0. The molecule has 0 aromatic rings. The number of nitrogens with zero attached hydrogens (tertiary/aromatic N) is 2. The van der Waals surface area contributed by atoms with Gasteiger partial charge in [0.05, 0.1) is 0 Å². The van der Waals surface area contributed by atoms with Gasteiger partial charge in [0, 0.05) is 18.6 Å². The van der Waals surface area contributed by atoms with Gasteiger partial charge in [0.25, 0.3) is 5.72 Å². The summed E-state index contributed by atoms with van der Waals surface area (Å²) in [5, 5.41) is 14.6. The van der Waals surface area contributed by atoms with Gasteiger partial charge in [0.15, 0.2) is 0 Å². The van der Waals surface area contributed by atoms with Crippen LogP contribution in [0.2, 0.25) is 0 Å². The number of rotatable bonds is 7. The number of hydrogen-bond donors (Lipinski definition) is 1. The van der Waals surface area contributed by atoms with Crippen molar-refractivity contribution >= 4 is 11.6 Å². The van der Waals surface area contributed by atoms with Crippen LogP contribution in [0.5, 0.6) is 0 Å². The lowest BCUT2D eigenvalue weighted by Crippen LogP contribution is -2.56. The monoisotopic (exact) mass is 362 g/mol. The summed E-state index contributed by atoms with van der Waals surface area (Å²) < 4.78 is 40.4. The third-order valence-corrected chi connectivity index (χ3v) is 5.27. The van der Waals surface area contributed by atoms with Crippen molar-refractivity contribution in [2.24, 2.45) is 11.0 Å². The van der Waals surface area contributed by atoms with Gasteiger partial charge in [-0.3, -0.25) is 4.79 Å². The maximum Gasteiger partial charge on any atom is 0.438 e.